The number of carbonyl (C=O) groups is 1. The average molecular weight is 425 g/mol. The van der Waals surface area contributed by atoms with Crippen LogP contribution >= 0.6 is 11.6 Å². The summed E-state index contributed by atoms with van der Waals surface area (Å²) < 4.78 is 27.0. The molecule has 2 aromatic rings. The number of rotatable bonds is 5. The van der Waals surface area contributed by atoms with Crippen molar-refractivity contribution in [3.05, 3.63) is 45.7 Å². The highest BCUT2D eigenvalue weighted by Gasteiger charge is 2.24. The second kappa shape index (κ2) is 8.45. The molecule has 1 heterocycles. The Bertz CT molecular complexity index is 955. The lowest BCUT2D eigenvalue weighted by Crippen LogP contribution is -2.36. The van der Waals surface area contributed by atoms with Gasteiger partial charge >= 0.3 is 16.1 Å². The molecule has 2 N–H and O–H groups in total. The van der Waals surface area contributed by atoms with Crippen molar-refractivity contribution in [2.24, 2.45) is 0 Å². The number of nitrogens with one attached hydrogen (secondary N) is 2. The van der Waals surface area contributed by atoms with Crippen LogP contribution in [0.1, 0.15) is 62.0 Å². The highest BCUT2D eigenvalue weighted by Crippen LogP contribution is 2.35. The van der Waals surface area contributed by atoms with Crippen LogP contribution in [0.25, 0.3) is 0 Å². The molecule has 0 atom stereocenters. The van der Waals surface area contributed by atoms with E-state index < -0.39 is 21.2 Å². The van der Waals surface area contributed by atoms with Crippen LogP contribution in [0, 0.1) is 13.8 Å². The van der Waals surface area contributed by atoms with Crippen LogP contribution < -0.4 is 10.0 Å². The Balaban J connectivity index is 2.37. The monoisotopic (exact) mass is 424 g/mol. The molecule has 0 aliphatic carbocycles. The zero-order valence-electron chi connectivity index (χ0n) is 16.8. The van der Waals surface area contributed by atoms with E-state index in [9.17, 15) is 13.2 Å². The molecule has 0 aliphatic heterocycles. The molecule has 1 aromatic heterocycles. The highest BCUT2D eigenvalue weighted by atomic mass is 35.5. The molecule has 9 heteroatoms. The summed E-state index contributed by atoms with van der Waals surface area (Å²) in [5, 5.41) is 2.80. The minimum absolute atomic E-state index is 0.0749. The van der Waals surface area contributed by atoms with Gasteiger partial charge in [0.1, 0.15) is 0 Å². The van der Waals surface area contributed by atoms with Crippen LogP contribution in [-0.2, 0) is 10.0 Å². The third-order valence-corrected chi connectivity index (χ3v) is 5.41. The lowest BCUT2D eigenvalue weighted by Gasteiger charge is -2.21. The maximum absolute atomic E-state index is 12.5. The number of benzene rings is 1. The molecule has 2 amide bonds. The maximum atomic E-state index is 12.5. The molecular weight excluding hydrogens is 400 g/mol. The minimum atomic E-state index is -4.21. The molecule has 0 saturated carbocycles. The summed E-state index contributed by atoms with van der Waals surface area (Å²) in [7, 11) is -4.21. The van der Waals surface area contributed by atoms with Crippen molar-refractivity contribution < 1.29 is 13.2 Å². The number of amides is 2. The van der Waals surface area contributed by atoms with Gasteiger partial charge in [-0.1, -0.05) is 39.3 Å². The number of aryl methyl sites for hydroxylation is 2. The number of carbonyl (C=O) groups excluding carboxylic acids is 1. The van der Waals surface area contributed by atoms with Crippen LogP contribution in [0.15, 0.2) is 23.4 Å². The molecule has 152 valence electrons. The summed E-state index contributed by atoms with van der Waals surface area (Å²) in [4.78, 5) is 20.3. The quantitative estimate of drug-likeness (QED) is 0.688. The molecule has 0 saturated heterocycles. The number of hydrogen-bond acceptors (Lipinski definition) is 5. The van der Waals surface area contributed by atoms with E-state index in [2.05, 4.69) is 15.3 Å². The van der Waals surface area contributed by atoms with Crippen molar-refractivity contribution in [2.75, 3.05) is 5.32 Å². The topological polar surface area (TPSA) is 101 Å². The Labute approximate surface area is 171 Å². The molecule has 0 bridgehead atoms. The molecule has 0 spiro atoms. The Morgan fingerprint density at radius 1 is 0.964 bits per heavy atom. The van der Waals surface area contributed by atoms with Crippen molar-refractivity contribution in [1.82, 2.24) is 14.7 Å². The van der Waals surface area contributed by atoms with Crippen LogP contribution in [0.2, 0.25) is 5.02 Å². The first kappa shape index (κ1) is 22.1. The lowest BCUT2D eigenvalue weighted by atomic mass is 9.92. The molecule has 28 heavy (non-hydrogen) atoms. The molecule has 0 aliphatic rings. The van der Waals surface area contributed by atoms with Crippen molar-refractivity contribution in [2.45, 2.75) is 58.5 Å². The van der Waals surface area contributed by atoms with Gasteiger partial charge in [-0.3, -0.25) is 0 Å². The zero-order valence-corrected chi connectivity index (χ0v) is 18.4. The zero-order chi connectivity index (χ0) is 21.2. The van der Waals surface area contributed by atoms with Crippen molar-refractivity contribution in [3.8, 4) is 0 Å². The Hall–Kier alpha value is -2.19. The lowest BCUT2D eigenvalue weighted by molar-refractivity contribution is 0.256. The van der Waals surface area contributed by atoms with Crippen LogP contribution in [-0.4, -0.2) is 24.4 Å². The summed E-state index contributed by atoms with van der Waals surface area (Å²) in [5.41, 5.74) is 3.20. The standard InChI is InChI=1S/C19H25ClN4O3S/c1-10(2)15-8-14(20)9-16(11(3)4)17(15)23-18(25)24-28(26,27)19-21-12(5)7-13(6)22-19/h7-11H,1-6H3,(H2,23,24,25). The summed E-state index contributed by atoms with van der Waals surface area (Å²) in [6.07, 6.45) is 0. The van der Waals surface area contributed by atoms with E-state index in [1.54, 1.807) is 32.0 Å². The highest BCUT2D eigenvalue weighted by molar-refractivity contribution is 7.89. The fourth-order valence-corrected chi connectivity index (χ4v) is 3.98. The molecule has 0 unspecified atom stereocenters. The molecule has 0 radical (unpaired) electrons. The van der Waals surface area contributed by atoms with Gasteiger partial charge in [0.05, 0.1) is 0 Å². The normalized spacial score (nSPS) is 11.8. The van der Waals surface area contributed by atoms with Gasteiger partial charge in [-0.05, 0) is 55.0 Å². The van der Waals surface area contributed by atoms with Crippen molar-refractivity contribution in [1.29, 1.82) is 0 Å². The number of halogens is 1. The van der Waals surface area contributed by atoms with Gasteiger partial charge in [-0.15, -0.1) is 0 Å². The van der Waals surface area contributed by atoms with Gasteiger partial charge in [0.25, 0.3) is 5.16 Å². The minimum Gasteiger partial charge on any atom is -0.307 e. The largest absolute Gasteiger partial charge is 0.333 e. The number of urea groups is 1. The SMILES string of the molecule is Cc1cc(C)nc(S(=O)(=O)NC(=O)Nc2c(C(C)C)cc(Cl)cc2C(C)C)n1. The number of sulfonamides is 1. The Morgan fingerprint density at radius 2 is 1.43 bits per heavy atom. The van der Waals surface area contributed by atoms with E-state index in [0.29, 0.717) is 22.1 Å². The predicted octanol–water partition coefficient (Wildman–Crippen LogP) is 4.50. The van der Waals surface area contributed by atoms with E-state index in [0.717, 1.165) is 11.1 Å². The van der Waals surface area contributed by atoms with Crippen LogP contribution in [0.4, 0.5) is 10.5 Å². The van der Waals surface area contributed by atoms with E-state index in [4.69, 9.17) is 11.6 Å². The third-order valence-electron chi connectivity index (χ3n) is 4.08. The summed E-state index contributed by atoms with van der Waals surface area (Å²) >= 11 is 6.22. The fraction of sp³-hybridized carbons (Fsp3) is 0.421. The predicted molar refractivity (Wildman–Crippen MR) is 110 cm³/mol. The maximum Gasteiger partial charge on any atom is 0.333 e. The number of anilines is 1. The van der Waals surface area contributed by atoms with Crippen molar-refractivity contribution in [3.63, 3.8) is 0 Å². The van der Waals surface area contributed by atoms with Gasteiger partial charge in [-0.25, -0.2) is 19.5 Å². The number of hydrogen-bond donors (Lipinski definition) is 2. The van der Waals surface area contributed by atoms with Crippen LogP contribution in [0.5, 0.6) is 0 Å². The molecular formula is C19H25ClN4O3S. The molecule has 1 aromatic carbocycles. The molecule has 7 nitrogen and oxygen atoms in total. The first-order chi connectivity index (χ1) is 12.9. The molecule has 2 rings (SSSR count). The first-order valence-corrected chi connectivity index (χ1v) is 10.8. The second-order valence-corrected chi connectivity index (χ2v) is 9.27. The van der Waals surface area contributed by atoms with Gasteiger partial charge < -0.3 is 5.32 Å². The second-order valence-electron chi connectivity index (χ2n) is 7.26. The number of aromatic nitrogens is 2. The van der Waals surface area contributed by atoms with E-state index in [1.165, 1.54) is 0 Å². The van der Waals surface area contributed by atoms with Crippen LogP contribution in [0.3, 0.4) is 0 Å². The van der Waals surface area contributed by atoms with Gasteiger partial charge in [0.15, 0.2) is 0 Å². The van der Waals surface area contributed by atoms with Gasteiger partial charge in [0, 0.05) is 22.1 Å². The van der Waals surface area contributed by atoms with E-state index in [-0.39, 0.29) is 11.8 Å². The first-order valence-electron chi connectivity index (χ1n) is 8.90. The summed E-state index contributed by atoms with van der Waals surface area (Å²) in [6.45, 7) is 11.2. The van der Waals surface area contributed by atoms with E-state index in [1.807, 2.05) is 32.4 Å². The van der Waals surface area contributed by atoms with Gasteiger partial charge in [0.2, 0.25) is 0 Å². The fourth-order valence-electron chi connectivity index (χ4n) is 2.83. The third kappa shape index (κ3) is 5.20. The van der Waals surface area contributed by atoms with Gasteiger partial charge in [-0.2, -0.15) is 8.42 Å². The Morgan fingerprint density at radius 3 is 1.86 bits per heavy atom. The molecule has 0 fully saturated rings. The van der Waals surface area contributed by atoms with Crippen molar-refractivity contribution >= 4 is 33.3 Å². The number of nitrogens with zero attached hydrogens (tertiary/aromatic N) is 2. The summed E-state index contributed by atoms with van der Waals surface area (Å²) in [6, 6.07) is 4.31. The Kier molecular flexibility index (Phi) is 6.67. The van der Waals surface area contributed by atoms with E-state index >= 15 is 0 Å². The summed E-state index contributed by atoms with van der Waals surface area (Å²) in [5.74, 6) is 0.150. The average Bonchev–Trinajstić information content (AvgIpc) is 2.54. The smallest absolute Gasteiger partial charge is 0.307 e.